The molecular weight excluding hydrogens is 257 g/mol. The van der Waals surface area contributed by atoms with Crippen molar-refractivity contribution in [3.05, 3.63) is 58.7 Å². The van der Waals surface area contributed by atoms with Gasteiger partial charge in [-0.25, -0.2) is 9.18 Å². The lowest BCUT2D eigenvalue weighted by atomic mass is 10.1. The van der Waals surface area contributed by atoms with E-state index in [0.717, 1.165) is 16.7 Å². The van der Waals surface area contributed by atoms with Gasteiger partial charge in [-0.3, -0.25) is 0 Å². The van der Waals surface area contributed by atoms with Gasteiger partial charge in [-0.05, 0) is 55.7 Å². The normalized spacial score (nSPS) is 10.6. The Kier molecular flexibility index (Phi) is 4.23. The van der Waals surface area contributed by atoms with Crippen molar-refractivity contribution in [2.45, 2.75) is 27.3 Å². The smallest absolute Gasteiger partial charge is 0.355 e. The summed E-state index contributed by atoms with van der Waals surface area (Å²) in [4.78, 5) is 12.0. The third-order valence-corrected chi connectivity index (χ3v) is 3.29. The molecule has 20 heavy (non-hydrogen) atoms. The number of nitrogens with zero attached hydrogens (tertiary/aromatic N) is 1. The highest BCUT2D eigenvalue weighted by Crippen LogP contribution is 2.17. The lowest BCUT2D eigenvalue weighted by molar-refractivity contribution is 0.0513. The Balaban J connectivity index is 2.34. The summed E-state index contributed by atoms with van der Waals surface area (Å²) in [5.74, 6) is -0.615. The van der Waals surface area contributed by atoms with Gasteiger partial charge in [0.05, 0.1) is 6.61 Å². The molecule has 0 atom stereocenters. The molecule has 106 valence electrons. The fraction of sp³-hybridized carbons (Fsp3) is 0.312. The molecular formula is C16H18FNO2. The highest BCUT2D eigenvalue weighted by molar-refractivity contribution is 5.89. The van der Waals surface area contributed by atoms with Crippen LogP contribution < -0.4 is 0 Å². The van der Waals surface area contributed by atoms with Gasteiger partial charge in [-0.2, -0.15) is 0 Å². The van der Waals surface area contributed by atoms with E-state index in [2.05, 4.69) is 0 Å². The lowest BCUT2D eigenvalue weighted by Gasteiger charge is -2.11. The third-order valence-electron chi connectivity index (χ3n) is 3.29. The maximum Gasteiger partial charge on any atom is 0.355 e. The van der Waals surface area contributed by atoms with E-state index in [1.54, 1.807) is 17.6 Å². The molecule has 0 radical (unpaired) electrons. The van der Waals surface area contributed by atoms with Crippen molar-refractivity contribution in [2.24, 2.45) is 0 Å². The Morgan fingerprint density at radius 3 is 2.70 bits per heavy atom. The van der Waals surface area contributed by atoms with E-state index in [-0.39, 0.29) is 11.8 Å². The summed E-state index contributed by atoms with van der Waals surface area (Å²) in [5, 5.41) is 0. The second-order valence-electron chi connectivity index (χ2n) is 4.77. The SMILES string of the molecule is CCOC(=O)c1c(C)ccn1Cc1cc(F)ccc1C. The highest BCUT2D eigenvalue weighted by Gasteiger charge is 2.16. The van der Waals surface area contributed by atoms with Gasteiger partial charge in [0.1, 0.15) is 11.5 Å². The van der Waals surface area contributed by atoms with E-state index >= 15 is 0 Å². The van der Waals surface area contributed by atoms with E-state index in [9.17, 15) is 9.18 Å². The van der Waals surface area contributed by atoms with Crippen LogP contribution in [0.5, 0.6) is 0 Å². The van der Waals surface area contributed by atoms with Crippen LogP contribution >= 0.6 is 0 Å². The minimum atomic E-state index is -0.343. The number of carbonyl (C=O) groups excluding carboxylic acids is 1. The van der Waals surface area contributed by atoms with Crippen LogP contribution in [-0.4, -0.2) is 17.1 Å². The molecule has 1 heterocycles. The summed E-state index contributed by atoms with van der Waals surface area (Å²) < 4.78 is 20.2. The van der Waals surface area contributed by atoms with E-state index in [0.29, 0.717) is 18.8 Å². The number of halogens is 1. The minimum absolute atomic E-state index is 0.271. The minimum Gasteiger partial charge on any atom is -0.461 e. The van der Waals surface area contributed by atoms with Crippen LogP contribution in [0, 0.1) is 19.7 Å². The fourth-order valence-corrected chi connectivity index (χ4v) is 2.19. The Morgan fingerprint density at radius 1 is 1.25 bits per heavy atom. The second-order valence-corrected chi connectivity index (χ2v) is 4.77. The maximum atomic E-state index is 13.3. The van der Waals surface area contributed by atoms with Crippen LogP contribution in [0.2, 0.25) is 0 Å². The number of aromatic nitrogens is 1. The molecule has 0 saturated carbocycles. The summed E-state index contributed by atoms with van der Waals surface area (Å²) in [5.41, 5.74) is 3.23. The molecule has 3 nitrogen and oxygen atoms in total. The topological polar surface area (TPSA) is 31.2 Å². The van der Waals surface area contributed by atoms with Gasteiger partial charge in [0.15, 0.2) is 0 Å². The summed E-state index contributed by atoms with van der Waals surface area (Å²) in [7, 11) is 0. The zero-order chi connectivity index (χ0) is 14.7. The molecule has 1 aromatic carbocycles. The first-order valence-corrected chi connectivity index (χ1v) is 6.60. The van der Waals surface area contributed by atoms with Gasteiger partial charge < -0.3 is 9.30 Å². The number of benzene rings is 1. The first-order valence-electron chi connectivity index (χ1n) is 6.60. The second kappa shape index (κ2) is 5.90. The number of ether oxygens (including phenoxy) is 1. The number of esters is 1. The van der Waals surface area contributed by atoms with Crippen LogP contribution in [0.4, 0.5) is 4.39 Å². The molecule has 0 saturated heterocycles. The van der Waals surface area contributed by atoms with Crippen molar-refractivity contribution in [1.82, 2.24) is 4.57 Å². The van der Waals surface area contributed by atoms with E-state index in [4.69, 9.17) is 4.74 Å². The van der Waals surface area contributed by atoms with Crippen molar-refractivity contribution in [3.63, 3.8) is 0 Å². The average Bonchev–Trinajstić information content (AvgIpc) is 2.75. The van der Waals surface area contributed by atoms with E-state index in [1.165, 1.54) is 12.1 Å². The van der Waals surface area contributed by atoms with E-state index < -0.39 is 0 Å². The van der Waals surface area contributed by atoms with Crippen molar-refractivity contribution >= 4 is 5.97 Å². The van der Waals surface area contributed by atoms with Crippen molar-refractivity contribution in [3.8, 4) is 0 Å². The van der Waals surface area contributed by atoms with Crippen LogP contribution in [0.25, 0.3) is 0 Å². The Hall–Kier alpha value is -2.10. The molecule has 0 fully saturated rings. The highest BCUT2D eigenvalue weighted by atomic mass is 19.1. The van der Waals surface area contributed by atoms with Gasteiger partial charge in [0.2, 0.25) is 0 Å². The Morgan fingerprint density at radius 2 is 2.00 bits per heavy atom. The molecule has 0 amide bonds. The standard InChI is InChI=1S/C16H18FNO2/c1-4-20-16(19)15-12(3)7-8-18(15)10-13-9-14(17)6-5-11(13)2/h5-9H,4,10H2,1-3H3. The summed E-state index contributed by atoms with van der Waals surface area (Å²) in [6, 6.07) is 6.54. The van der Waals surface area contributed by atoms with Gasteiger partial charge in [-0.15, -0.1) is 0 Å². The summed E-state index contributed by atoms with van der Waals surface area (Å²) >= 11 is 0. The number of aryl methyl sites for hydroxylation is 2. The quantitative estimate of drug-likeness (QED) is 0.800. The molecule has 0 bridgehead atoms. The monoisotopic (exact) mass is 275 g/mol. The van der Waals surface area contributed by atoms with Crippen LogP contribution in [0.3, 0.4) is 0 Å². The van der Waals surface area contributed by atoms with Crippen molar-refractivity contribution in [2.75, 3.05) is 6.61 Å². The van der Waals surface area contributed by atoms with Gasteiger partial charge >= 0.3 is 5.97 Å². The number of hydrogen-bond donors (Lipinski definition) is 0. The predicted octanol–water partition coefficient (Wildman–Crippen LogP) is 3.47. The lowest BCUT2D eigenvalue weighted by Crippen LogP contribution is -2.14. The molecule has 0 aliphatic carbocycles. The van der Waals surface area contributed by atoms with Gasteiger partial charge in [-0.1, -0.05) is 6.07 Å². The molecule has 4 heteroatoms. The average molecular weight is 275 g/mol. The summed E-state index contributed by atoms with van der Waals surface area (Å²) in [6.45, 7) is 6.35. The molecule has 0 N–H and O–H groups in total. The first kappa shape index (κ1) is 14.3. The van der Waals surface area contributed by atoms with Crippen molar-refractivity contribution in [1.29, 1.82) is 0 Å². The molecule has 1 aromatic heterocycles. The number of rotatable bonds is 4. The summed E-state index contributed by atoms with van der Waals surface area (Å²) in [6.07, 6.45) is 1.83. The molecule has 0 aliphatic rings. The number of hydrogen-bond acceptors (Lipinski definition) is 2. The van der Waals surface area contributed by atoms with Crippen LogP contribution in [0.1, 0.15) is 34.1 Å². The fourth-order valence-electron chi connectivity index (χ4n) is 2.19. The third kappa shape index (κ3) is 2.90. The molecule has 0 aliphatic heterocycles. The van der Waals surface area contributed by atoms with E-state index in [1.807, 2.05) is 26.1 Å². The number of carbonyl (C=O) groups is 1. The maximum absolute atomic E-state index is 13.3. The molecule has 0 spiro atoms. The first-order chi connectivity index (χ1) is 9.52. The zero-order valence-electron chi connectivity index (χ0n) is 11.9. The van der Waals surface area contributed by atoms with Gasteiger partial charge in [0.25, 0.3) is 0 Å². The van der Waals surface area contributed by atoms with Crippen LogP contribution in [0.15, 0.2) is 30.5 Å². The van der Waals surface area contributed by atoms with Crippen LogP contribution in [-0.2, 0) is 11.3 Å². The Bertz CT molecular complexity index is 631. The predicted molar refractivity (Wildman–Crippen MR) is 75.4 cm³/mol. The van der Waals surface area contributed by atoms with Crippen molar-refractivity contribution < 1.29 is 13.9 Å². The molecule has 2 rings (SSSR count). The molecule has 2 aromatic rings. The zero-order valence-corrected chi connectivity index (χ0v) is 11.9. The molecule has 0 unspecified atom stereocenters. The van der Waals surface area contributed by atoms with Gasteiger partial charge in [0, 0.05) is 12.7 Å². The largest absolute Gasteiger partial charge is 0.461 e. The Labute approximate surface area is 118 Å².